The second-order valence-electron chi connectivity index (χ2n) is 7.26. The molecule has 26 heavy (non-hydrogen) atoms. The first-order valence-electron chi connectivity index (χ1n) is 9.26. The standard InChI is InChI=1S/C19H25N5O2/c1-24-18-15(16(23-24)11-6-4-3-5-7-11)19(25)22-17(21-18)13-9-8-12(20)10-14(13)26-2/h8-11,16,24H,3-7,20H2,1-2H3,(H,21,22,25)/p+1. The zero-order valence-electron chi connectivity index (χ0n) is 15.3. The van der Waals surface area contributed by atoms with Crippen molar-refractivity contribution in [3.8, 4) is 17.1 Å². The molecule has 1 aromatic carbocycles. The fourth-order valence-electron chi connectivity index (χ4n) is 4.26. The first-order chi connectivity index (χ1) is 12.6. The van der Waals surface area contributed by atoms with Gasteiger partial charge in [0, 0.05) is 11.8 Å². The van der Waals surface area contributed by atoms with Crippen molar-refractivity contribution in [2.75, 3.05) is 19.9 Å². The zero-order valence-corrected chi connectivity index (χ0v) is 15.3. The Hall–Kier alpha value is -2.38. The Morgan fingerprint density at radius 1 is 1.31 bits per heavy atom. The largest absolute Gasteiger partial charge is 0.496 e. The Morgan fingerprint density at radius 3 is 2.81 bits per heavy atom. The molecule has 1 aromatic heterocycles. The Labute approximate surface area is 152 Å². The molecule has 138 valence electrons. The number of aromatic amines is 2. The lowest BCUT2D eigenvalue weighted by atomic mass is 9.82. The van der Waals surface area contributed by atoms with Gasteiger partial charge < -0.3 is 20.9 Å². The number of aromatic nitrogens is 2. The molecule has 2 heterocycles. The van der Waals surface area contributed by atoms with Crippen molar-refractivity contribution in [1.82, 2.24) is 4.98 Å². The predicted molar refractivity (Wildman–Crippen MR) is 99.2 cm³/mol. The predicted octanol–water partition coefficient (Wildman–Crippen LogP) is 1.52. The third kappa shape index (κ3) is 2.87. The summed E-state index contributed by atoms with van der Waals surface area (Å²) in [6, 6.07) is 5.37. The van der Waals surface area contributed by atoms with Crippen LogP contribution >= 0.6 is 0 Å². The molecule has 2 atom stereocenters. The topological polar surface area (TPSA) is 101 Å². The van der Waals surface area contributed by atoms with E-state index >= 15 is 0 Å². The molecule has 0 radical (unpaired) electrons. The average Bonchev–Trinajstić information content (AvgIpc) is 2.99. The molecule has 0 spiro atoms. The van der Waals surface area contributed by atoms with Crippen LogP contribution < -0.4 is 26.0 Å². The van der Waals surface area contributed by atoms with Gasteiger partial charge in [-0.2, -0.15) is 4.98 Å². The molecule has 2 aromatic rings. The molecule has 0 saturated heterocycles. The van der Waals surface area contributed by atoms with Crippen molar-refractivity contribution in [2.45, 2.75) is 38.1 Å². The lowest BCUT2D eigenvalue weighted by Crippen LogP contribution is -2.99. The van der Waals surface area contributed by atoms with Gasteiger partial charge in [0.2, 0.25) is 0 Å². The van der Waals surface area contributed by atoms with E-state index < -0.39 is 0 Å². The summed E-state index contributed by atoms with van der Waals surface area (Å²) in [6.07, 6.45) is 6.04. The number of ether oxygens (including phenoxy) is 1. The minimum atomic E-state index is -0.0659. The van der Waals surface area contributed by atoms with E-state index in [1.54, 1.807) is 19.2 Å². The summed E-state index contributed by atoms with van der Waals surface area (Å²) in [7, 11) is 3.57. The van der Waals surface area contributed by atoms with Crippen LogP contribution in [-0.4, -0.2) is 19.1 Å². The van der Waals surface area contributed by atoms with E-state index in [-0.39, 0.29) is 11.6 Å². The van der Waals surface area contributed by atoms with E-state index in [1.807, 2.05) is 13.1 Å². The Morgan fingerprint density at radius 2 is 2.08 bits per heavy atom. The first kappa shape index (κ1) is 17.1. The van der Waals surface area contributed by atoms with E-state index in [0.29, 0.717) is 23.2 Å². The number of fused-ring (bicyclic) bond motifs is 1. The van der Waals surface area contributed by atoms with Gasteiger partial charge in [-0.25, -0.2) is 9.78 Å². The third-order valence-electron chi connectivity index (χ3n) is 5.58. The fourth-order valence-corrected chi connectivity index (χ4v) is 4.26. The molecule has 1 fully saturated rings. The van der Waals surface area contributed by atoms with E-state index in [2.05, 4.69) is 9.97 Å². The number of methoxy groups -OCH3 is 1. The second-order valence-corrected chi connectivity index (χ2v) is 7.26. The minimum Gasteiger partial charge on any atom is -0.496 e. The van der Waals surface area contributed by atoms with Gasteiger partial charge in [-0.05, 0) is 24.1 Å². The number of nitrogen functional groups attached to an aromatic ring is 1. The molecule has 7 nitrogen and oxygen atoms in total. The third-order valence-corrected chi connectivity index (χ3v) is 5.58. The van der Waals surface area contributed by atoms with Gasteiger partial charge in [0.15, 0.2) is 0 Å². The van der Waals surface area contributed by atoms with Crippen LogP contribution in [0.4, 0.5) is 11.5 Å². The quantitative estimate of drug-likeness (QED) is 0.727. The SMILES string of the molecule is COc1cc(N)ccc1-c1[nH]c(=O)c2c([nH+]1)[NH+](C)[N-]C2C1CCCCC1. The lowest BCUT2D eigenvalue weighted by molar-refractivity contribution is -0.806. The maximum atomic E-state index is 13.0. The van der Waals surface area contributed by atoms with Crippen LogP contribution in [0.1, 0.15) is 43.7 Å². The van der Waals surface area contributed by atoms with E-state index in [4.69, 9.17) is 15.9 Å². The van der Waals surface area contributed by atoms with Gasteiger partial charge in [0.05, 0.1) is 14.2 Å². The highest BCUT2D eigenvalue weighted by atomic mass is 16.5. The number of quaternary nitrogens is 1. The molecule has 1 aliphatic carbocycles. The van der Waals surface area contributed by atoms with Crippen LogP contribution in [0.2, 0.25) is 0 Å². The van der Waals surface area contributed by atoms with E-state index in [9.17, 15) is 4.79 Å². The second kappa shape index (κ2) is 6.74. The van der Waals surface area contributed by atoms with E-state index in [0.717, 1.165) is 34.8 Å². The van der Waals surface area contributed by atoms with E-state index in [1.165, 1.54) is 19.3 Å². The number of H-pyrrole nitrogens is 2. The highest BCUT2D eigenvalue weighted by Crippen LogP contribution is 2.40. The summed E-state index contributed by atoms with van der Waals surface area (Å²) in [5.41, 5.74) is 12.8. The molecular weight excluding hydrogens is 330 g/mol. The molecule has 2 unspecified atom stereocenters. The fraction of sp³-hybridized carbons (Fsp3) is 0.474. The molecule has 0 amide bonds. The van der Waals surface area contributed by atoms with Gasteiger partial charge in [-0.1, -0.05) is 32.1 Å². The normalized spacial score (nSPS) is 23.0. The van der Waals surface area contributed by atoms with Crippen molar-refractivity contribution in [3.63, 3.8) is 0 Å². The number of anilines is 1. The molecule has 2 aliphatic rings. The smallest absolute Gasteiger partial charge is 0.343 e. The molecule has 1 aliphatic heterocycles. The summed E-state index contributed by atoms with van der Waals surface area (Å²) in [5.74, 6) is 2.54. The summed E-state index contributed by atoms with van der Waals surface area (Å²) in [6.45, 7) is 0. The molecule has 1 saturated carbocycles. The molecule has 0 bridgehead atoms. The summed E-state index contributed by atoms with van der Waals surface area (Å²) in [5, 5.41) is 0.900. The number of benzene rings is 1. The minimum absolute atomic E-state index is 0.0207. The monoisotopic (exact) mass is 356 g/mol. The summed E-state index contributed by atoms with van der Waals surface area (Å²) in [4.78, 5) is 19.3. The van der Waals surface area contributed by atoms with Crippen LogP contribution in [0.5, 0.6) is 5.75 Å². The number of hydrogen-bond acceptors (Lipinski definition) is 3. The molecular formula is C19H26N5O2+. The van der Waals surface area contributed by atoms with Crippen LogP contribution in [0.25, 0.3) is 16.8 Å². The summed E-state index contributed by atoms with van der Waals surface area (Å²) >= 11 is 0. The van der Waals surface area contributed by atoms with Crippen LogP contribution in [0, 0.1) is 5.92 Å². The van der Waals surface area contributed by atoms with Crippen LogP contribution in [-0.2, 0) is 0 Å². The van der Waals surface area contributed by atoms with Crippen LogP contribution in [0.15, 0.2) is 23.0 Å². The van der Waals surface area contributed by atoms with Crippen molar-refractivity contribution in [1.29, 1.82) is 0 Å². The van der Waals surface area contributed by atoms with Crippen LogP contribution in [0.3, 0.4) is 0 Å². The van der Waals surface area contributed by atoms with Crippen molar-refractivity contribution in [2.24, 2.45) is 5.92 Å². The average molecular weight is 356 g/mol. The van der Waals surface area contributed by atoms with Crippen molar-refractivity contribution in [3.05, 3.63) is 39.5 Å². The number of nitrogens with one attached hydrogen (secondary N) is 3. The maximum Gasteiger partial charge on any atom is 0.343 e. The molecule has 5 N–H and O–H groups in total. The van der Waals surface area contributed by atoms with Crippen molar-refractivity contribution >= 4 is 11.5 Å². The van der Waals surface area contributed by atoms with Gasteiger partial charge in [0.25, 0.3) is 11.6 Å². The summed E-state index contributed by atoms with van der Waals surface area (Å²) < 4.78 is 5.43. The molecule has 4 rings (SSSR count). The lowest BCUT2D eigenvalue weighted by Gasteiger charge is -2.33. The van der Waals surface area contributed by atoms with Gasteiger partial charge >= 0.3 is 5.56 Å². The van der Waals surface area contributed by atoms with Gasteiger partial charge in [0.1, 0.15) is 16.9 Å². The Kier molecular flexibility index (Phi) is 4.42. The number of rotatable bonds is 3. The number of nitrogens with two attached hydrogens (primary N) is 1. The highest BCUT2D eigenvalue weighted by Gasteiger charge is 2.36. The van der Waals surface area contributed by atoms with Gasteiger partial charge in [-0.3, -0.25) is 0 Å². The number of hydrogen-bond donors (Lipinski definition) is 3. The molecule has 7 heteroatoms. The number of nitrogens with zero attached hydrogens (tertiary/aromatic N) is 1. The Balaban J connectivity index is 1.77. The maximum absolute atomic E-state index is 13.0. The first-order valence-corrected chi connectivity index (χ1v) is 9.26. The van der Waals surface area contributed by atoms with Crippen molar-refractivity contribution < 1.29 is 14.7 Å². The Bertz CT molecular complexity index is 873. The highest BCUT2D eigenvalue weighted by molar-refractivity contribution is 5.66. The zero-order chi connectivity index (χ0) is 18.3. The van der Waals surface area contributed by atoms with Gasteiger partial charge in [-0.15, -0.1) is 0 Å².